The summed E-state index contributed by atoms with van der Waals surface area (Å²) in [6.45, 7) is 0. The third kappa shape index (κ3) is 3.30. The topological polar surface area (TPSA) is 178 Å². The molecule has 0 unspecified atom stereocenters. The molecule has 0 aliphatic carbocycles. The Morgan fingerprint density at radius 3 is 2.36 bits per heavy atom. The first-order valence-electron chi connectivity index (χ1n) is 6.50. The molecular weight excluding hydrogens is 334 g/mol. The van der Waals surface area contributed by atoms with Crippen LogP contribution < -0.4 is 0 Å². The van der Waals surface area contributed by atoms with Crippen LogP contribution >= 0.6 is 0 Å². The summed E-state index contributed by atoms with van der Waals surface area (Å²) >= 11 is 0. The van der Waals surface area contributed by atoms with E-state index < -0.39 is 33.8 Å². The van der Waals surface area contributed by atoms with Crippen molar-refractivity contribution in [3.05, 3.63) is 57.4 Å². The molecule has 1 aromatic heterocycles. The van der Waals surface area contributed by atoms with E-state index in [1.807, 2.05) is 0 Å². The first-order valence-corrected chi connectivity index (χ1v) is 6.50. The van der Waals surface area contributed by atoms with E-state index in [0.717, 1.165) is 24.4 Å². The van der Waals surface area contributed by atoms with Crippen molar-refractivity contribution in [1.82, 2.24) is 4.98 Å². The molecule has 4 N–H and O–H groups in total. The van der Waals surface area contributed by atoms with Crippen molar-refractivity contribution in [3.63, 3.8) is 0 Å². The zero-order chi connectivity index (χ0) is 18.7. The number of benzene rings is 1. The number of nitriles is 1. The quantitative estimate of drug-likeness (QED) is 0.212. The Morgan fingerprint density at radius 1 is 1.20 bits per heavy atom. The van der Waals surface area contributed by atoms with Gasteiger partial charge in [0.05, 0.1) is 4.92 Å². The molecular formula is C15H9N3O7. The third-order valence-corrected chi connectivity index (χ3v) is 3.16. The first kappa shape index (κ1) is 17.2. The number of carbonyl (C=O) groups is 1. The Labute approximate surface area is 139 Å². The van der Waals surface area contributed by atoms with E-state index in [1.165, 1.54) is 6.07 Å². The zero-order valence-corrected chi connectivity index (χ0v) is 12.2. The number of rotatable bonds is 4. The van der Waals surface area contributed by atoms with E-state index in [4.69, 9.17) is 5.11 Å². The van der Waals surface area contributed by atoms with Gasteiger partial charge >= 0.3 is 11.7 Å². The number of phenols is 2. The number of hydrogen-bond acceptors (Lipinski definition) is 8. The molecule has 10 nitrogen and oxygen atoms in total. The van der Waals surface area contributed by atoms with Gasteiger partial charge in [-0.25, -0.2) is 9.78 Å². The summed E-state index contributed by atoms with van der Waals surface area (Å²) in [5, 5.41) is 58.1. The Morgan fingerprint density at radius 2 is 1.88 bits per heavy atom. The summed E-state index contributed by atoms with van der Waals surface area (Å²) in [4.78, 5) is 24.3. The molecule has 0 bridgehead atoms. The Hall–Kier alpha value is -4.13. The van der Waals surface area contributed by atoms with Crippen LogP contribution in [0.25, 0.3) is 11.3 Å². The average Bonchev–Trinajstić information content (AvgIpc) is 2.57. The van der Waals surface area contributed by atoms with Crippen LogP contribution in [-0.2, 0) is 0 Å². The first-order chi connectivity index (χ1) is 11.8. The number of aliphatic hydroxyl groups is 1. The standard InChI is InChI=1S/C15H9N3O7/c16-5-9(7-1-2-10(15(22)23)17-6-7)13(20)8-3-11(18(24)25)14(21)12(19)4-8/h1-4,6,19-21H,(H,22,23)/b13-9-. The van der Waals surface area contributed by atoms with Crippen LogP contribution in [-0.4, -0.2) is 36.3 Å². The number of aromatic carboxylic acids is 1. The molecule has 0 fully saturated rings. The van der Waals surface area contributed by atoms with Gasteiger partial charge in [-0.2, -0.15) is 5.26 Å². The number of nitrogens with zero attached hydrogens (tertiary/aromatic N) is 3. The van der Waals surface area contributed by atoms with Gasteiger partial charge in [0.2, 0.25) is 5.75 Å². The van der Waals surface area contributed by atoms with Gasteiger partial charge in [0.25, 0.3) is 0 Å². The van der Waals surface area contributed by atoms with Crippen LogP contribution in [0.15, 0.2) is 30.5 Å². The minimum absolute atomic E-state index is 0.0558. The predicted octanol–water partition coefficient (Wildman–Crippen LogP) is 2.05. The smallest absolute Gasteiger partial charge is 0.354 e. The van der Waals surface area contributed by atoms with E-state index in [2.05, 4.69) is 4.98 Å². The number of hydrogen-bond donors (Lipinski definition) is 4. The Kier molecular flexibility index (Phi) is 4.51. The number of carboxylic acid groups (broad SMARTS) is 1. The molecule has 1 aromatic carbocycles. The molecule has 0 radical (unpaired) electrons. The minimum atomic E-state index is -1.28. The highest BCUT2D eigenvalue weighted by atomic mass is 16.6. The number of allylic oxidation sites excluding steroid dienone is 1. The second-order valence-corrected chi connectivity index (χ2v) is 4.69. The molecule has 0 aliphatic rings. The molecule has 25 heavy (non-hydrogen) atoms. The van der Waals surface area contributed by atoms with Gasteiger partial charge in [0.1, 0.15) is 23.1 Å². The van der Waals surface area contributed by atoms with Crippen molar-refractivity contribution in [3.8, 4) is 17.6 Å². The van der Waals surface area contributed by atoms with Gasteiger partial charge in [-0.3, -0.25) is 10.1 Å². The van der Waals surface area contributed by atoms with Crippen molar-refractivity contribution >= 4 is 23.0 Å². The Bertz CT molecular complexity index is 943. The molecule has 2 aromatic rings. The molecule has 2 rings (SSSR count). The van der Waals surface area contributed by atoms with E-state index in [9.17, 15) is 35.5 Å². The van der Waals surface area contributed by atoms with Crippen LogP contribution in [0, 0.1) is 21.4 Å². The molecule has 0 atom stereocenters. The van der Waals surface area contributed by atoms with Crippen LogP contribution in [0.1, 0.15) is 21.6 Å². The SMILES string of the molecule is N#C/C(=C(/O)c1cc(O)c(O)c([N+](=O)[O-])c1)c1ccc(C(=O)O)nc1. The van der Waals surface area contributed by atoms with E-state index in [0.29, 0.717) is 0 Å². The Balaban J connectivity index is 2.61. The van der Waals surface area contributed by atoms with Crippen molar-refractivity contribution in [2.45, 2.75) is 0 Å². The van der Waals surface area contributed by atoms with E-state index >= 15 is 0 Å². The molecule has 0 aliphatic heterocycles. The maximum Gasteiger partial charge on any atom is 0.354 e. The van der Waals surface area contributed by atoms with Crippen LogP contribution in [0.5, 0.6) is 11.5 Å². The lowest BCUT2D eigenvalue weighted by molar-refractivity contribution is -0.386. The highest BCUT2D eigenvalue weighted by Gasteiger charge is 2.22. The number of aliphatic hydroxyl groups excluding tert-OH is 1. The van der Waals surface area contributed by atoms with Gasteiger partial charge in [-0.05, 0) is 18.2 Å². The van der Waals surface area contributed by atoms with Gasteiger partial charge in [0.15, 0.2) is 5.75 Å². The fourth-order valence-electron chi connectivity index (χ4n) is 1.95. The predicted molar refractivity (Wildman–Crippen MR) is 82.7 cm³/mol. The van der Waals surface area contributed by atoms with Gasteiger partial charge in [-0.1, -0.05) is 0 Å². The molecule has 10 heteroatoms. The summed E-state index contributed by atoms with van der Waals surface area (Å²) in [5.74, 6) is -3.83. The summed E-state index contributed by atoms with van der Waals surface area (Å²) in [7, 11) is 0. The van der Waals surface area contributed by atoms with Crippen molar-refractivity contribution in [2.75, 3.05) is 0 Å². The maximum absolute atomic E-state index is 10.9. The molecule has 0 saturated heterocycles. The summed E-state index contributed by atoms with van der Waals surface area (Å²) in [5.41, 5.74) is -1.73. The number of phenolic OH excluding ortho intramolecular Hbond substituents is 2. The number of nitro benzene ring substituents is 1. The highest BCUT2D eigenvalue weighted by molar-refractivity contribution is 5.95. The maximum atomic E-state index is 10.9. The lowest BCUT2D eigenvalue weighted by Crippen LogP contribution is -2.00. The van der Waals surface area contributed by atoms with Gasteiger partial charge in [-0.15, -0.1) is 0 Å². The number of carboxylic acids is 1. The lowest BCUT2D eigenvalue weighted by atomic mass is 10.0. The monoisotopic (exact) mass is 343 g/mol. The van der Waals surface area contributed by atoms with Crippen molar-refractivity contribution in [1.29, 1.82) is 5.26 Å². The highest BCUT2D eigenvalue weighted by Crippen LogP contribution is 2.38. The van der Waals surface area contributed by atoms with Crippen LogP contribution in [0.2, 0.25) is 0 Å². The minimum Gasteiger partial charge on any atom is -0.506 e. The van der Waals surface area contributed by atoms with E-state index in [-0.39, 0.29) is 22.4 Å². The molecule has 0 saturated carbocycles. The molecule has 1 heterocycles. The fraction of sp³-hybridized carbons (Fsp3) is 0. The lowest BCUT2D eigenvalue weighted by Gasteiger charge is -2.07. The van der Waals surface area contributed by atoms with Crippen molar-refractivity contribution < 1.29 is 30.1 Å². The largest absolute Gasteiger partial charge is 0.506 e. The number of nitro groups is 1. The third-order valence-electron chi connectivity index (χ3n) is 3.16. The molecule has 0 amide bonds. The molecule has 0 spiro atoms. The normalized spacial score (nSPS) is 11.3. The number of pyridine rings is 1. The molecule has 126 valence electrons. The van der Waals surface area contributed by atoms with Gasteiger partial charge < -0.3 is 20.4 Å². The summed E-state index contributed by atoms with van der Waals surface area (Å²) in [6.07, 6.45) is 1.03. The van der Waals surface area contributed by atoms with Crippen LogP contribution in [0.3, 0.4) is 0 Å². The second kappa shape index (κ2) is 6.55. The average molecular weight is 343 g/mol. The zero-order valence-electron chi connectivity index (χ0n) is 12.2. The fourth-order valence-corrected chi connectivity index (χ4v) is 1.95. The number of aromatic hydroxyl groups is 2. The summed E-state index contributed by atoms with van der Waals surface area (Å²) in [6, 6.07) is 5.63. The van der Waals surface area contributed by atoms with Gasteiger partial charge in [0, 0.05) is 23.4 Å². The van der Waals surface area contributed by atoms with Crippen LogP contribution in [0.4, 0.5) is 5.69 Å². The van der Waals surface area contributed by atoms with Crippen molar-refractivity contribution in [2.24, 2.45) is 0 Å². The summed E-state index contributed by atoms with van der Waals surface area (Å²) < 4.78 is 0. The van der Waals surface area contributed by atoms with E-state index in [1.54, 1.807) is 6.07 Å². The second-order valence-electron chi connectivity index (χ2n) is 4.69. The number of aromatic nitrogens is 1.